The Labute approximate surface area is 108 Å². The molecular formula is C14H16Zr. The minimum atomic E-state index is 1.01. The summed E-state index contributed by atoms with van der Waals surface area (Å²) in [4.78, 5) is 0. The molecule has 2 rings (SSSR count). The molecule has 1 aliphatic rings. The van der Waals surface area contributed by atoms with Crippen LogP contribution in [0.15, 0.2) is 48.6 Å². The molecule has 0 fully saturated rings. The van der Waals surface area contributed by atoms with E-state index < -0.39 is 0 Å². The van der Waals surface area contributed by atoms with E-state index in [1.54, 1.807) is 24.2 Å². The predicted molar refractivity (Wildman–Crippen MR) is 63.2 cm³/mol. The molecule has 1 aromatic rings. The summed E-state index contributed by atoms with van der Waals surface area (Å²) in [6, 6.07) is 12.5. The zero-order valence-corrected chi connectivity index (χ0v) is 11.6. The first-order chi connectivity index (χ1) is 7.41. The largest absolute Gasteiger partial charge is 0.273 e. The fraction of sp³-hybridized carbons (Fsp3) is 0.214. The predicted octanol–water partition coefficient (Wildman–Crippen LogP) is 3.54. The molecule has 0 atom stereocenters. The molecular weight excluding hydrogens is 259 g/mol. The van der Waals surface area contributed by atoms with Crippen molar-refractivity contribution in [2.45, 2.75) is 19.8 Å². The quantitative estimate of drug-likeness (QED) is 0.688. The standard InChI is InChI=1S/C6H5.C5H5.C3H6.Zr/c1-2-4-6-5-3-1;1-2-4-5-3-1;1-3-2;/h1-5H;1-3H,4H2;1H,3H2,2H3;/q2*-1;;+2. The Bertz CT molecular complexity index is 236. The first kappa shape index (κ1) is 14.5. The Morgan fingerprint density at radius 1 is 1.27 bits per heavy atom. The van der Waals surface area contributed by atoms with Crippen LogP contribution in [0.25, 0.3) is 0 Å². The summed E-state index contributed by atoms with van der Waals surface area (Å²) in [6.45, 7) is 2.15. The van der Waals surface area contributed by atoms with Crippen LogP contribution in [0.4, 0.5) is 0 Å². The van der Waals surface area contributed by atoms with Gasteiger partial charge in [0.2, 0.25) is 0 Å². The second-order valence-corrected chi connectivity index (χ2v) is 3.70. The maximum Gasteiger partial charge on any atom is -0.109 e. The average molecular weight is 276 g/mol. The summed E-state index contributed by atoms with van der Waals surface area (Å²) < 4.78 is 2.22. The monoisotopic (exact) mass is 274 g/mol. The average Bonchev–Trinajstić information content (AvgIpc) is 2.90. The van der Waals surface area contributed by atoms with Crippen molar-refractivity contribution in [3.05, 3.63) is 60.7 Å². The van der Waals surface area contributed by atoms with Gasteiger partial charge in [0.1, 0.15) is 0 Å². The van der Waals surface area contributed by atoms with Gasteiger partial charge in [0.15, 0.2) is 0 Å². The topological polar surface area (TPSA) is 0 Å². The van der Waals surface area contributed by atoms with Crippen molar-refractivity contribution in [2.75, 3.05) is 0 Å². The Kier molecular flexibility index (Phi) is 13.0. The Morgan fingerprint density at radius 3 is 2.07 bits per heavy atom. The molecule has 0 bridgehead atoms. The zero-order chi connectivity index (χ0) is 11.2. The third kappa shape index (κ3) is 13.5. The third-order valence-electron chi connectivity index (χ3n) is 1.40. The molecule has 1 aromatic carbocycles. The molecule has 0 nitrogen and oxygen atoms in total. The molecule has 0 spiro atoms. The Balaban J connectivity index is 0.000000202. The van der Waals surface area contributed by atoms with Gasteiger partial charge >= 0.3 is 41.3 Å². The van der Waals surface area contributed by atoms with Gasteiger partial charge < -0.3 is 0 Å². The summed E-state index contributed by atoms with van der Waals surface area (Å²) in [5, 5.41) is 0. The summed E-state index contributed by atoms with van der Waals surface area (Å²) in [5.41, 5.74) is 0. The van der Waals surface area contributed by atoms with Gasteiger partial charge in [-0.25, -0.2) is 12.2 Å². The van der Waals surface area contributed by atoms with Crippen LogP contribution in [-0.4, -0.2) is 3.71 Å². The van der Waals surface area contributed by atoms with Crippen LogP contribution in [-0.2, 0) is 24.2 Å². The van der Waals surface area contributed by atoms with Crippen molar-refractivity contribution in [1.82, 2.24) is 0 Å². The van der Waals surface area contributed by atoms with E-state index in [1.165, 1.54) is 6.42 Å². The van der Waals surface area contributed by atoms with E-state index in [4.69, 9.17) is 0 Å². The minimum Gasteiger partial charge on any atom is -0.273 e. The maximum atomic E-state index is 2.99. The normalized spacial score (nSPS) is 10.9. The van der Waals surface area contributed by atoms with Crippen molar-refractivity contribution in [3.63, 3.8) is 0 Å². The van der Waals surface area contributed by atoms with Gasteiger partial charge in [0, 0.05) is 0 Å². The smallest absolute Gasteiger partial charge is 0.109 e. The molecule has 15 heavy (non-hydrogen) atoms. The fourth-order valence-corrected chi connectivity index (χ4v) is 0.682. The van der Waals surface area contributed by atoms with Crippen molar-refractivity contribution in [2.24, 2.45) is 0 Å². The number of benzene rings is 1. The van der Waals surface area contributed by atoms with Crippen LogP contribution in [0.3, 0.4) is 0 Å². The van der Waals surface area contributed by atoms with E-state index >= 15 is 0 Å². The van der Waals surface area contributed by atoms with E-state index in [1.807, 2.05) is 42.5 Å². The van der Waals surface area contributed by atoms with Crippen LogP contribution < -0.4 is 0 Å². The molecule has 0 saturated heterocycles. The number of rotatable bonds is 1. The van der Waals surface area contributed by atoms with Crippen LogP contribution in [0.5, 0.6) is 0 Å². The van der Waals surface area contributed by atoms with Gasteiger partial charge in [0.05, 0.1) is 0 Å². The van der Waals surface area contributed by atoms with E-state index in [-0.39, 0.29) is 0 Å². The Morgan fingerprint density at radius 2 is 1.93 bits per heavy atom. The van der Waals surface area contributed by atoms with E-state index in [9.17, 15) is 0 Å². The molecule has 0 amide bonds. The molecule has 0 radical (unpaired) electrons. The first-order valence-corrected chi connectivity index (χ1v) is 6.45. The maximum absolute atomic E-state index is 2.99. The van der Waals surface area contributed by atoms with Gasteiger partial charge in [-0.1, -0.05) is 0 Å². The van der Waals surface area contributed by atoms with Crippen LogP contribution >= 0.6 is 0 Å². The molecule has 0 unspecified atom stereocenters. The minimum absolute atomic E-state index is 1.01. The number of allylic oxidation sites excluding steroid dienone is 4. The van der Waals surface area contributed by atoms with Gasteiger partial charge in [0.25, 0.3) is 0 Å². The molecule has 0 heterocycles. The van der Waals surface area contributed by atoms with Gasteiger partial charge in [-0.05, 0) is 0 Å². The van der Waals surface area contributed by atoms with Gasteiger partial charge in [-0.3, -0.25) is 6.08 Å². The second-order valence-electron chi connectivity index (χ2n) is 2.69. The first-order valence-electron chi connectivity index (χ1n) is 5.03. The van der Waals surface area contributed by atoms with E-state index in [0.717, 1.165) is 6.42 Å². The SMILES string of the molecule is CC[CH]=[Zr+2].[C-]1=CC=CC1.[c-]1ccccc1. The van der Waals surface area contributed by atoms with Crippen LogP contribution in [0.1, 0.15) is 19.8 Å². The van der Waals surface area contributed by atoms with Gasteiger partial charge in [-0.15, -0.1) is 6.42 Å². The third-order valence-corrected chi connectivity index (χ3v) is 2.40. The second kappa shape index (κ2) is 13.5. The molecule has 1 aliphatic carbocycles. The molecule has 1 heteroatoms. The summed E-state index contributed by atoms with van der Waals surface area (Å²) in [5.74, 6) is 0. The number of hydrogen-bond acceptors (Lipinski definition) is 0. The van der Waals surface area contributed by atoms with Crippen molar-refractivity contribution < 1.29 is 24.2 Å². The van der Waals surface area contributed by atoms with E-state index in [0.29, 0.717) is 0 Å². The molecule has 0 N–H and O–H groups in total. The number of hydrogen-bond donors (Lipinski definition) is 0. The molecule has 0 aromatic heterocycles. The van der Waals surface area contributed by atoms with Crippen molar-refractivity contribution in [3.8, 4) is 0 Å². The van der Waals surface area contributed by atoms with Crippen molar-refractivity contribution in [1.29, 1.82) is 0 Å². The Hall–Kier alpha value is -0.547. The van der Waals surface area contributed by atoms with Crippen LogP contribution in [0.2, 0.25) is 0 Å². The van der Waals surface area contributed by atoms with Crippen LogP contribution in [0, 0.1) is 12.1 Å². The molecule has 0 aliphatic heterocycles. The summed E-state index contributed by atoms with van der Waals surface area (Å²) in [7, 11) is 0. The zero-order valence-electron chi connectivity index (χ0n) is 9.11. The molecule has 0 saturated carbocycles. The molecule has 76 valence electrons. The van der Waals surface area contributed by atoms with Crippen molar-refractivity contribution >= 4 is 3.71 Å². The van der Waals surface area contributed by atoms with Gasteiger partial charge in [-0.2, -0.15) is 42.5 Å². The fourth-order valence-electron chi connectivity index (χ4n) is 0.682. The van der Waals surface area contributed by atoms with E-state index in [2.05, 4.69) is 28.9 Å². The summed E-state index contributed by atoms with van der Waals surface area (Å²) in [6.07, 6.45) is 11.2. The summed E-state index contributed by atoms with van der Waals surface area (Å²) >= 11 is 1.54.